The number of ketones is 1. The van der Waals surface area contributed by atoms with E-state index in [9.17, 15) is 4.79 Å². The Balaban J connectivity index is 0.000000133. The summed E-state index contributed by atoms with van der Waals surface area (Å²) < 4.78 is 11.4. The smallest absolute Gasteiger partial charge is 0.159 e. The number of benzene rings is 2. The van der Waals surface area contributed by atoms with E-state index >= 15 is 0 Å². The Hall–Kier alpha value is -2.33. The van der Waals surface area contributed by atoms with Crippen molar-refractivity contribution in [3.63, 3.8) is 0 Å². The second kappa shape index (κ2) is 6.20. The number of hydrogen-bond donors (Lipinski definition) is 0. The fourth-order valence-electron chi connectivity index (χ4n) is 2.12. The molecular formula is C18H13BrO3. The van der Waals surface area contributed by atoms with Gasteiger partial charge in [-0.15, -0.1) is 0 Å². The molecule has 0 saturated carbocycles. The lowest BCUT2D eigenvalue weighted by Crippen LogP contribution is -1.89. The highest BCUT2D eigenvalue weighted by Gasteiger charge is 2.01. The van der Waals surface area contributed by atoms with E-state index in [1.165, 1.54) is 0 Å². The molecule has 2 aromatic carbocycles. The molecule has 0 aliphatic heterocycles. The molecule has 0 fully saturated rings. The number of Topliss-reactive ketones (excluding diaryl/α,β-unsaturated/α-hetero) is 1. The van der Waals surface area contributed by atoms with Crippen LogP contribution < -0.4 is 0 Å². The molecule has 0 N–H and O–H groups in total. The lowest BCUT2D eigenvalue weighted by Gasteiger charge is -1.93. The van der Waals surface area contributed by atoms with Crippen LogP contribution in [0.2, 0.25) is 0 Å². The zero-order valence-corrected chi connectivity index (χ0v) is 13.5. The highest BCUT2D eigenvalue weighted by molar-refractivity contribution is 9.10. The van der Waals surface area contributed by atoms with Crippen LogP contribution in [0.3, 0.4) is 0 Å². The Labute approximate surface area is 135 Å². The second-order valence-electron chi connectivity index (χ2n) is 4.83. The molecule has 0 amide bonds. The van der Waals surface area contributed by atoms with Crippen molar-refractivity contribution in [2.75, 3.05) is 0 Å². The van der Waals surface area contributed by atoms with Gasteiger partial charge in [0.2, 0.25) is 0 Å². The van der Waals surface area contributed by atoms with Gasteiger partial charge in [0.15, 0.2) is 5.78 Å². The minimum Gasteiger partial charge on any atom is -0.464 e. The summed E-state index contributed by atoms with van der Waals surface area (Å²) in [6, 6.07) is 15.1. The number of furan rings is 2. The Bertz CT molecular complexity index is 933. The molecular weight excluding hydrogens is 344 g/mol. The third-order valence-electron chi connectivity index (χ3n) is 3.27. The Morgan fingerprint density at radius 3 is 2.09 bits per heavy atom. The molecule has 2 heterocycles. The number of rotatable bonds is 1. The predicted molar refractivity (Wildman–Crippen MR) is 90.1 cm³/mol. The molecule has 0 aliphatic carbocycles. The second-order valence-corrected chi connectivity index (χ2v) is 5.75. The van der Waals surface area contributed by atoms with Crippen LogP contribution in [0.15, 0.2) is 74.4 Å². The van der Waals surface area contributed by atoms with Gasteiger partial charge >= 0.3 is 0 Å². The lowest BCUT2D eigenvalue weighted by molar-refractivity contribution is 0.101. The summed E-state index contributed by atoms with van der Waals surface area (Å²) in [7, 11) is 0. The molecule has 0 unspecified atom stereocenters. The quantitative estimate of drug-likeness (QED) is 0.403. The first-order valence-electron chi connectivity index (χ1n) is 6.74. The normalized spacial score (nSPS) is 10.5. The van der Waals surface area contributed by atoms with Crippen LogP contribution in [0.1, 0.15) is 17.3 Å². The maximum atomic E-state index is 11.0. The molecule has 0 radical (unpaired) electrons. The Morgan fingerprint density at radius 1 is 0.864 bits per heavy atom. The number of carbonyl (C=O) groups is 1. The zero-order chi connectivity index (χ0) is 15.5. The van der Waals surface area contributed by atoms with E-state index in [-0.39, 0.29) is 5.78 Å². The average Bonchev–Trinajstić information content (AvgIpc) is 3.14. The van der Waals surface area contributed by atoms with Crippen LogP contribution in [-0.4, -0.2) is 5.78 Å². The van der Waals surface area contributed by atoms with Crippen molar-refractivity contribution in [3.05, 3.63) is 71.1 Å². The van der Waals surface area contributed by atoms with Gasteiger partial charge in [-0.1, -0.05) is 15.9 Å². The van der Waals surface area contributed by atoms with Crippen molar-refractivity contribution in [1.29, 1.82) is 0 Å². The summed E-state index contributed by atoms with van der Waals surface area (Å²) in [5.74, 6) is 0.0816. The average molecular weight is 357 g/mol. The summed E-state index contributed by atoms with van der Waals surface area (Å²) in [5, 5.41) is 2.11. The van der Waals surface area contributed by atoms with Crippen molar-refractivity contribution < 1.29 is 13.6 Å². The van der Waals surface area contributed by atoms with Gasteiger partial charge in [-0.2, -0.15) is 0 Å². The zero-order valence-electron chi connectivity index (χ0n) is 11.9. The first kappa shape index (κ1) is 14.6. The minimum atomic E-state index is 0.0816. The van der Waals surface area contributed by atoms with E-state index in [0.717, 1.165) is 32.0 Å². The molecule has 4 heteroatoms. The van der Waals surface area contributed by atoms with Crippen LogP contribution in [0.5, 0.6) is 0 Å². The molecule has 3 nitrogen and oxygen atoms in total. The van der Waals surface area contributed by atoms with Crippen molar-refractivity contribution in [2.24, 2.45) is 0 Å². The van der Waals surface area contributed by atoms with Gasteiger partial charge in [0, 0.05) is 20.8 Å². The van der Waals surface area contributed by atoms with Crippen LogP contribution in [0.4, 0.5) is 0 Å². The first-order chi connectivity index (χ1) is 10.6. The maximum absolute atomic E-state index is 11.0. The minimum absolute atomic E-state index is 0.0816. The van der Waals surface area contributed by atoms with E-state index in [2.05, 4.69) is 15.9 Å². The van der Waals surface area contributed by atoms with Gasteiger partial charge in [0.1, 0.15) is 11.2 Å². The standard InChI is InChI=1S/C10H8O2.C8H5BrO/c1-7(11)8-2-3-10-9(6-8)4-5-12-10;9-7-1-2-8-6(5-7)3-4-10-8/h2-6H,1H3;1-5H. The summed E-state index contributed by atoms with van der Waals surface area (Å²) in [5.41, 5.74) is 2.48. The van der Waals surface area contributed by atoms with Crippen molar-refractivity contribution in [1.82, 2.24) is 0 Å². The lowest BCUT2D eigenvalue weighted by atomic mass is 10.1. The van der Waals surface area contributed by atoms with E-state index in [1.807, 2.05) is 42.5 Å². The summed E-state index contributed by atoms with van der Waals surface area (Å²) in [4.78, 5) is 11.0. The van der Waals surface area contributed by atoms with Crippen LogP contribution in [-0.2, 0) is 0 Å². The molecule has 0 bridgehead atoms. The van der Waals surface area contributed by atoms with Crippen LogP contribution in [0, 0.1) is 0 Å². The van der Waals surface area contributed by atoms with Gasteiger partial charge in [-0.3, -0.25) is 4.79 Å². The van der Waals surface area contributed by atoms with Crippen molar-refractivity contribution in [3.8, 4) is 0 Å². The van der Waals surface area contributed by atoms with Gasteiger partial charge in [0.25, 0.3) is 0 Å². The van der Waals surface area contributed by atoms with Gasteiger partial charge in [0.05, 0.1) is 12.5 Å². The topological polar surface area (TPSA) is 43.4 Å². The van der Waals surface area contributed by atoms with Crippen molar-refractivity contribution in [2.45, 2.75) is 6.92 Å². The highest BCUT2D eigenvalue weighted by atomic mass is 79.9. The highest BCUT2D eigenvalue weighted by Crippen LogP contribution is 2.20. The van der Waals surface area contributed by atoms with Crippen molar-refractivity contribution >= 4 is 43.7 Å². The summed E-state index contributed by atoms with van der Waals surface area (Å²) in [6.45, 7) is 1.56. The molecule has 110 valence electrons. The van der Waals surface area contributed by atoms with Gasteiger partial charge < -0.3 is 8.83 Å². The molecule has 4 aromatic rings. The third-order valence-corrected chi connectivity index (χ3v) is 3.77. The van der Waals surface area contributed by atoms with E-state index in [1.54, 1.807) is 25.5 Å². The number of fused-ring (bicyclic) bond motifs is 2. The summed E-state index contributed by atoms with van der Waals surface area (Å²) in [6.07, 6.45) is 3.31. The third kappa shape index (κ3) is 3.12. The number of hydrogen-bond acceptors (Lipinski definition) is 3. The van der Waals surface area contributed by atoms with Crippen LogP contribution >= 0.6 is 15.9 Å². The summed E-state index contributed by atoms with van der Waals surface area (Å²) >= 11 is 3.38. The maximum Gasteiger partial charge on any atom is 0.159 e. The molecule has 2 aromatic heterocycles. The number of halogens is 1. The largest absolute Gasteiger partial charge is 0.464 e. The molecule has 22 heavy (non-hydrogen) atoms. The fourth-order valence-corrected chi connectivity index (χ4v) is 2.50. The molecule has 0 aliphatic rings. The van der Waals surface area contributed by atoms with E-state index < -0.39 is 0 Å². The van der Waals surface area contributed by atoms with E-state index in [0.29, 0.717) is 0 Å². The number of carbonyl (C=O) groups excluding carboxylic acids is 1. The van der Waals surface area contributed by atoms with Crippen LogP contribution in [0.25, 0.3) is 21.9 Å². The molecule has 0 atom stereocenters. The Morgan fingerprint density at radius 2 is 1.45 bits per heavy atom. The Kier molecular flexibility index (Phi) is 4.11. The van der Waals surface area contributed by atoms with E-state index in [4.69, 9.17) is 8.83 Å². The molecule has 4 rings (SSSR count). The molecule has 0 saturated heterocycles. The fraction of sp³-hybridized carbons (Fsp3) is 0.0556. The molecule has 0 spiro atoms. The van der Waals surface area contributed by atoms with Gasteiger partial charge in [-0.25, -0.2) is 0 Å². The predicted octanol–water partition coefficient (Wildman–Crippen LogP) is 5.83. The SMILES string of the molecule is Brc1ccc2occc2c1.CC(=O)c1ccc2occc2c1. The van der Waals surface area contributed by atoms with Gasteiger partial charge in [-0.05, 0) is 55.5 Å². The first-order valence-corrected chi connectivity index (χ1v) is 7.54. The monoisotopic (exact) mass is 356 g/mol.